The SMILES string of the molecule is CN(CCC#N)c1cncc2nnnn12. The fourth-order valence-corrected chi connectivity index (χ4v) is 1.26. The predicted octanol–water partition coefficient (Wildman–Crippen LogP) is -0.131. The van der Waals surface area contributed by atoms with Crippen LogP contribution >= 0.6 is 0 Å². The molecule has 0 fully saturated rings. The van der Waals surface area contributed by atoms with Crippen molar-refractivity contribution in [2.24, 2.45) is 0 Å². The maximum Gasteiger partial charge on any atom is 0.199 e. The summed E-state index contributed by atoms with van der Waals surface area (Å²) in [6.45, 7) is 0.622. The number of nitriles is 1. The Kier molecular flexibility index (Phi) is 2.41. The first kappa shape index (κ1) is 9.33. The van der Waals surface area contributed by atoms with Gasteiger partial charge in [-0.15, -0.1) is 5.10 Å². The highest BCUT2D eigenvalue weighted by molar-refractivity contribution is 5.45. The van der Waals surface area contributed by atoms with Gasteiger partial charge in [-0.2, -0.15) is 9.78 Å². The summed E-state index contributed by atoms with van der Waals surface area (Å²) in [5, 5.41) is 19.7. The fourth-order valence-electron chi connectivity index (χ4n) is 1.26. The second-order valence-electron chi connectivity index (χ2n) is 3.04. The van der Waals surface area contributed by atoms with Gasteiger partial charge in [0.25, 0.3) is 0 Å². The van der Waals surface area contributed by atoms with E-state index in [1.807, 2.05) is 11.9 Å². The standard InChI is InChI=1S/C8H9N7/c1-14(4-2-3-9)8-6-10-5-7-11-12-13-15(7)8/h5-6H,2,4H2,1H3. The van der Waals surface area contributed by atoms with Crippen molar-refractivity contribution in [2.75, 3.05) is 18.5 Å². The van der Waals surface area contributed by atoms with Gasteiger partial charge in [0.05, 0.1) is 24.9 Å². The van der Waals surface area contributed by atoms with Crippen molar-refractivity contribution in [1.29, 1.82) is 5.26 Å². The number of hydrogen-bond donors (Lipinski definition) is 0. The largest absolute Gasteiger partial charge is 0.357 e. The minimum Gasteiger partial charge on any atom is -0.357 e. The second kappa shape index (κ2) is 3.88. The van der Waals surface area contributed by atoms with E-state index in [0.29, 0.717) is 18.6 Å². The number of tetrazole rings is 1. The molecule has 0 aliphatic rings. The smallest absolute Gasteiger partial charge is 0.199 e. The molecule has 0 spiro atoms. The predicted molar refractivity (Wildman–Crippen MR) is 52.1 cm³/mol. The highest BCUT2D eigenvalue weighted by Gasteiger charge is 2.07. The number of hydrogen-bond acceptors (Lipinski definition) is 6. The first-order chi connectivity index (χ1) is 7.33. The van der Waals surface area contributed by atoms with E-state index in [2.05, 4.69) is 26.6 Å². The molecule has 0 N–H and O–H groups in total. The maximum absolute atomic E-state index is 8.50. The van der Waals surface area contributed by atoms with Crippen molar-refractivity contribution < 1.29 is 0 Å². The van der Waals surface area contributed by atoms with E-state index in [0.717, 1.165) is 5.82 Å². The number of nitrogens with zero attached hydrogens (tertiary/aromatic N) is 7. The Morgan fingerprint density at radius 2 is 2.40 bits per heavy atom. The summed E-state index contributed by atoms with van der Waals surface area (Å²) in [6, 6.07) is 2.09. The average Bonchev–Trinajstić information content (AvgIpc) is 2.73. The van der Waals surface area contributed by atoms with Gasteiger partial charge in [0.2, 0.25) is 0 Å². The first-order valence-corrected chi connectivity index (χ1v) is 4.43. The summed E-state index contributed by atoms with van der Waals surface area (Å²) < 4.78 is 1.59. The fraction of sp³-hybridized carbons (Fsp3) is 0.375. The molecule has 0 radical (unpaired) electrons. The molecular formula is C8H9N7. The van der Waals surface area contributed by atoms with E-state index >= 15 is 0 Å². The first-order valence-electron chi connectivity index (χ1n) is 4.43. The van der Waals surface area contributed by atoms with Crippen molar-refractivity contribution in [3.8, 4) is 6.07 Å². The molecule has 2 heterocycles. The van der Waals surface area contributed by atoms with Crippen molar-refractivity contribution in [2.45, 2.75) is 6.42 Å². The molecule has 2 aromatic rings. The molecule has 2 aromatic heterocycles. The van der Waals surface area contributed by atoms with Gasteiger partial charge in [0, 0.05) is 13.6 Å². The van der Waals surface area contributed by atoms with Crippen LogP contribution in [0.25, 0.3) is 5.65 Å². The van der Waals surface area contributed by atoms with Crippen LogP contribution in [0.5, 0.6) is 0 Å². The van der Waals surface area contributed by atoms with Gasteiger partial charge in [-0.3, -0.25) is 4.98 Å². The summed E-state index contributed by atoms with van der Waals surface area (Å²) in [7, 11) is 1.87. The molecule has 0 amide bonds. The summed E-state index contributed by atoms with van der Waals surface area (Å²) in [4.78, 5) is 5.91. The van der Waals surface area contributed by atoms with E-state index in [-0.39, 0.29) is 0 Å². The molecule has 15 heavy (non-hydrogen) atoms. The Morgan fingerprint density at radius 3 is 3.20 bits per heavy atom. The lowest BCUT2D eigenvalue weighted by atomic mass is 10.4. The zero-order valence-corrected chi connectivity index (χ0v) is 8.20. The summed E-state index contributed by atoms with van der Waals surface area (Å²) in [5.41, 5.74) is 0.594. The average molecular weight is 203 g/mol. The third-order valence-corrected chi connectivity index (χ3v) is 2.04. The van der Waals surface area contributed by atoms with Gasteiger partial charge >= 0.3 is 0 Å². The topological polar surface area (TPSA) is 83.0 Å². The van der Waals surface area contributed by atoms with Crippen LogP contribution in [0, 0.1) is 11.3 Å². The molecule has 0 atom stereocenters. The maximum atomic E-state index is 8.50. The highest BCUT2D eigenvalue weighted by atomic mass is 15.5. The Hall–Kier alpha value is -2.23. The molecule has 0 aliphatic heterocycles. The van der Waals surface area contributed by atoms with Crippen molar-refractivity contribution in [3.63, 3.8) is 0 Å². The van der Waals surface area contributed by atoms with Gasteiger partial charge in [-0.1, -0.05) is 0 Å². The summed E-state index contributed by atoms with van der Waals surface area (Å²) in [5.74, 6) is 0.771. The van der Waals surface area contributed by atoms with Crippen molar-refractivity contribution in [3.05, 3.63) is 12.4 Å². The zero-order valence-electron chi connectivity index (χ0n) is 8.20. The van der Waals surface area contributed by atoms with E-state index in [4.69, 9.17) is 5.26 Å². The molecule has 7 nitrogen and oxygen atoms in total. The Morgan fingerprint density at radius 1 is 1.53 bits per heavy atom. The lowest BCUT2D eigenvalue weighted by molar-refractivity contribution is 0.782. The lowest BCUT2D eigenvalue weighted by Gasteiger charge is -2.16. The number of rotatable bonds is 3. The van der Waals surface area contributed by atoms with E-state index < -0.39 is 0 Å². The van der Waals surface area contributed by atoms with Crippen molar-refractivity contribution >= 4 is 11.5 Å². The van der Waals surface area contributed by atoms with Crippen LogP contribution in [0.2, 0.25) is 0 Å². The van der Waals surface area contributed by atoms with E-state index in [1.165, 1.54) is 0 Å². The quantitative estimate of drug-likeness (QED) is 0.691. The normalized spacial score (nSPS) is 10.1. The Labute approximate surface area is 85.9 Å². The van der Waals surface area contributed by atoms with Crippen molar-refractivity contribution in [1.82, 2.24) is 25.0 Å². The van der Waals surface area contributed by atoms with Crippen LogP contribution in [0.3, 0.4) is 0 Å². The number of anilines is 1. The molecule has 7 heteroatoms. The van der Waals surface area contributed by atoms with Crippen LogP contribution in [-0.4, -0.2) is 38.6 Å². The van der Waals surface area contributed by atoms with Gasteiger partial charge < -0.3 is 4.90 Å². The lowest BCUT2D eigenvalue weighted by Crippen LogP contribution is -2.21. The molecule has 0 bridgehead atoms. The Balaban J connectivity index is 2.34. The molecule has 0 saturated heterocycles. The van der Waals surface area contributed by atoms with Crippen LogP contribution in [-0.2, 0) is 0 Å². The number of fused-ring (bicyclic) bond motifs is 1. The van der Waals surface area contributed by atoms with Gasteiger partial charge in [0.1, 0.15) is 0 Å². The van der Waals surface area contributed by atoms with Gasteiger partial charge in [0.15, 0.2) is 11.5 Å². The minimum absolute atomic E-state index is 0.453. The highest BCUT2D eigenvalue weighted by Crippen LogP contribution is 2.10. The van der Waals surface area contributed by atoms with Gasteiger partial charge in [-0.25, -0.2) is 0 Å². The molecule has 0 aliphatic carbocycles. The molecule has 0 saturated carbocycles. The zero-order chi connectivity index (χ0) is 10.7. The monoisotopic (exact) mass is 203 g/mol. The molecular weight excluding hydrogens is 194 g/mol. The molecule has 2 rings (SSSR count). The van der Waals surface area contributed by atoms with Crippen LogP contribution in [0.15, 0.2) is 12.4 Å². The van der Waals surface area contributed by atoms with Crippen LogP contribution < -0.4 is 4.90 Å². The summed E-state index contributed by atoms with van der Waals surface area (Å²) in [6.07, 6.45) is 3.71. The molecule has 0 aromatic carbocycles. The van der Waals surface area contributed by atoms with E-state index in [9.17, 15) is 0 Å². The van der Waals surface area contributed by atoms with E-state index in [1.54, 1.807) is 16.9 Å². The molecule has 0 unspecified atom stereocenters. The van der Waals surface area contributed by atoms with Crippen LogP contribution in [0.4, 0.5) is 5.82 Å². The number of aromatic nitrogens is 5. The Bertz CT molecular complexity index is 497. The third kappa shape index (κ3) is 1.69. The second-order valence-corrected chi connectivity index (χ2v) is 3.04. The van der Waals surface area contributed by atoms with Gasteiger partial charge in [-0.05, 0) is 10.4 Å². The third-order valence-electron chi connectivity index (χ3n) is 2.04. The summed E-state index contributed by atoms with van der Waals surface area (Å²) >= 11 is 0. The minimum atomic E-state index is 0.453. The van der Waals surface area contributed by atoms with Crippen LogP contribution in [0.1, 0.15) is 6.42 Å². The molecule has 76 valence electrons.